The number of ether oxygens (including phenoxy) is 2. The second-order valence-corrected chi connectivity index (χ2v) is 6.32. The van der Waals surface area contributed by atoms with E-state index in [1.807, 2.05) is 54.6 Å². The number of carbonyl (C=O) groups is 1. The lowest BCUT2D eigenvalue weighted by Gasteiger charge is -2.20. The number of hydrazine groups is 1. The first-order chi connectivity index (χ1) is 13.6. The molecule has 0 heterocycles. The molecule has 6 nitrogen and oxygen atoms in total. The van der Waals surface area contributed by atoms with Gasteiger partial charge in [0.15, 0.2) is 5.11 Å². The van der Waals surface area contributed by atoms with Crippen LogP contribution in [0.5, 0.6) is 11.5 Å². The van der Waals surface area contributed by atoms with Gasteiger partial charge >= 0.3 is 0 Å². The van der Waals surface area contributed by atoms with Crippen molar-refractivity contribution >= 4 is 29.3 Å². The van der Waals surface area contributed by atoms with Gasteiger partial charge in [0.25, 0.3) is 5.91 Å². The highest BCUT2D eigenvalue weighted by atomic mass is 32.1. The largest absolute Gasteiger partial charge is 0.457 e. The molecule has 0 saturated carbocycles. The average molecular weight is 400 g/mol. The van der Waals surface area contributed by atoms with Crippen LogP contribution in [0.15, 0.2) is 60.7 Å². The summed E-state index contributed by atoms with van der Waals surface area (Å²) < 4.78 is 10.8. The van der Waals surface area contributed by atoms with Crippen LogP contribution in [0.2, 0.25) is 0 Å². The van der Waals surface area contributed by atoms with Crippen molar-refractivity contribution in [1.82, 2.24) is 15.8 Å². The number of para-hydroxylation sites is 1. The Morgan fingerprint density at radius 3 is 2.64 bits per heavy atom. The Balaban J connectivity index is 1.84. The van der Waals surface area contributed by atoms with Gasteiger partial charge in [0.05, 0.1) is 0 Å². The molecule has 0 bridgehead atoms. The maximum atomic E-state index is 12.1. The molecule has 148 valence electrons. The molecular formula is C21H25N3O3S. The van der Waals surface area contributed by atoms with E-state index in [0.29, 0.717) is 24.0 Å². The van der Waals surface area contributed by atoms with Crippen LogP contribution >= 0.6 is 12.2 Å². The topological polar surface area (TPSA) is 62.8 Å². The van der Waals surface area contributed by atoms with Crippen molar-refractivity contribution in [3.63, 3.8) is 0 Å². The maximum Gasteiger partial charge on any atom is 0.262 e. The Bertz CT molecular complexity index is 796. The minimum atomic E-state index is -0.280. The summed E-state index contributed by atoms with van der Waals surface area (Å²) in [5.41, 5.74) is 3.54. The zero-order chi connectivity index (χ0) is 20.2. The van der Waals surface area contributed by atoms with Crippen LogP contribution in [-0.2, 0) is 9.53 Å². The van der Waals surface area contributed by atoms with E-state index >= 15 is 0 Å². The van der Waals surface area contributed by atoms with Gasteiger partial charge < -0.3 is 14.8 Å². The van der Waals surface area contributed by atoms with Gasteiger partial charge in [0.1, 0.15) is 11.5 Å². The summed E-state index contributed by atoms with van der Waals surface area (Å²) >= 11 is 5.22. The predicted molar refractivity (Wildman–Crippen MR) is 115 cm³/mol. The summed E-state index contributed by atoms with van der Waals surface area (Å²) in [7, 11) is 3.34. The van der Waals surface area contributed by atoms with Crippen LogP contribution in [0.1, 0.15) is 12.0 Å². The summed E-state index contributed by atoms with van der Waals surface area (Å²) in [5.74, 6) is 1.18. The first-order valence-electron chi connectivity index (χ1n) is 8.90. The first kappa shape index (κ1) is 21.4. The third-order valence-electron chi connectivity index (χ3n) is 3.65. The van der Waals surface area contributed by atoms with Crippen LogP contribution in [0.4, 0.5) is 0 Å². The van der Waals surface area contributed by atoms with E-state index in [1.54, 1.807) is 20.2 Å². The van der Waals surface area contributed by atoms with Crippen molar-refractivity contribution in [2.24, 2.45) is 0 Å². The molecule has 2 rings (SSSR count). The zero-order valence-electron chi connectivity index (χ0n) is 16.1. The van der Waals surface area contributed by atoms with E-state index in [-0.39, 0.29) is 5.91 Å². The normalized spacial score (nSPS) is 10.5. The minimum absolute atomic E-state index is 0.280. The van der Waals surface area contributed by atoms with Crippen molar-refractivity contribution in [1.29, 1.82) is 0 Å². The number of hydrogen-bond acceptors (Lipinski definition) is 4. The molecule has 0 aliphatic carbocycles. The molecule has 0 saturated heterocycles. The Labute approximate surface area is 171 Å². The van der Waals surface area contributed by atoms with E-state index in [1.165, 1.54) is 11.1 Å². The monoisotopic (exact) mass is 399 g/mol. The molecule has 7 heteroatoms. The number of carbonyl (C=O) groups excluding carboxylic acids is 1. The second kappa shape index (κ2) is 11.7. The van der Waals surface area contributed by atoms with Crippen molar-refractivity contribution in [2.45, 2.75) is 6.42 Å². The van der Waals surface area contributed by atoms with Crippen molar-refractivity contribution in [2.75, 3.05) is 27.3 Å². The lowest BCUT2D eigenvalue weighted by Crippen LogP contribution is -2.47. The quantitative estimate of drug-likeness (QED) is 0.307. The highest BCUT2D eigenvalue weighted by molar-refractivity contribution is 7.80. The summed E-state index contributed by atoms with van der Waals surface area (Å²) in [5, 5.41) is 4.97. The molecule has 28 heavy (non-hydrogen) atoms. The third-order valence-corrected chi connectivity index (χ3v) is 4.07. The molecule has 2 aromatic carbocycles. The lowest BCUT2D eigenvalue weighted by atomic mass is 10.2. The standard InChI is InChI=1S/C21H25N3O3S/c1-24(21(28)22-14-7-15-26-2)23-20(25)13-12-17-8-6-11-19(16-17)27-18-9-4-3-5-10-18/h3-6,8-13,16H,7,14-15H2,1-2H3,(H,22,28)(H,23,25)/b13-12+. The zero-order valence-corrected chi connectivity index (χ0v) is 16.9. The molecule has 0 aromatic heterocycles. The maximum absolute atomic E-state index is 12.1. The van der Waals surface area contributed by atoms with E-state index in [9.17, 15) is 4.79 Å². The van der Waals surface area contributed by atoms with E-state index < -0.39 is 0 Å². The molecule has 0 spiro atoms. The Kier molecular flexibility index (Phi) is 8.97. The Hall–Kier alpha value is -2.90. The van der Waals surface area contributed by atoms with E-state index in [4.69, 9.17) is 21.7 Å². The van der Waals surface area contributed by atoms with Gasteiger partial charge in [-0.15, -0.1) is 0 Å². The molecule has 1 amide bonds. The van der Waals surface area contributed by atoms with Gasteiger partial charge in [0.2, 0.25) is 0 Å². The van der Waals surface area contributed by atoms with Crippen LogP contribution in [-0.4, -0.2) is 43.3 Å². The van der Waals surface area contributed by atoms with Gasteiger partial charge in [0, 0.05) is 33.4 Å². The summed E-state index contributed by atoms with van der Waals surface area (Å²) in [6.07, 6.45) is 4.00. The molecule has 2 aromatic rings. The number of thiocarbonyl (C=S) groups is 1. The van der Waals surface area contributed by atoms with Crippen molar-refractivity contribution < 1.29 is 14.3 Å². The Morgan fingerprint density at radius 1 is 1.14 bits per heavy atom. The summed E-state index contributed by atoms with van der Waals surface area (Å²) in [4.78, 5) is 12.1. The van der Waals surface area contributed by atoms with Crippen LogP contribution in [0.3, 0.4) is 0 Å². The number of methoxy groups -OCH3 is 1. The Morgan fingerprint density at radius 2 is 1.89 bits per heavy atom. The number of rotatable bonds is 8. The molecule has 0 atom stereocenters. The van der Waals surface area contributed by atoms with Crippen LogP contribution in [0, 0.1) is 0 Å². The SMILES string of the molecule is COCCCNC(=S)N(C)NC(=O)/C=C/c1cccc(Oc2ccccc2)c1. The molecule has 2 N–H and O–H groups in total. The van der Waals surface area contributed by atoms with E-state index in [0.717, 1.165) is 17.7 Å². The molecule has 0 unspecified atom stereocenters. The summed E-state index contributed by atoms with van der Waals surface area (Å²) in [6.45, 7) is 1.33. The number of benzene rings is 2. The van der Waals surface area contributed by atoms with Crippen LogP contribution in [0.25, 0.3) is 6.08 Å². The lowest BCUT2D eigenvalue weighted by molar-refractivity contribution is -0.119. The first-order valence-corrected chi connectivity index (χ1v) is 9.31. The van der Waals surface area contributed by atoms with Gasteiger partial charge in [-0.2, -0.15) is 0 Å². The number of hydrogen-bond donors (Lipinski definition) is 2. The van der Waals surface area contributed by atoms with Crippen LogP contribution < -0.4 is 15.5 Å². The van der Waals surface area contributed by atoms with Gasteiger partial charge in [-0.1, -0.05) is 30.3 Å². The second-order valence-electron chi connectivity index (χ2n) is 5.93. The third kappa shape index (κ3) is 7.77. The number of nitrogens with zero attached hydrogens (tertiary/aromatic N) is 1. The molecule has 0 fully saturated rings. The fourth-order valence-electron chi connectivity index (χ4n) is 2.26. The molecule has 0 aliphatic rings. The number of nitrogens with one attached hydrogen (secondary N) is 2. The minimum Gasteiger partial charge on any atom is -0.457 e. The average Bonchev–Trinajstić information content (AvgIpc) is 2.70. The van der Waals surface area contributed by atoms with Gasteiger partial charge in [-0.05, 0) is 54.5 Å². The smallest absolute Gasteiger partial charge is 0.262 e. The molecular weight excluding hydrogens is 374 g/mol. The highest BCUT2D eigenvalue weighted by Gasteiger charge is 2.05. The molecule has 0 radical (unpaired) electrons. The predicted octanol–water partition coefficient (Wildman–Crippen LogP) is 3.37. The fourth-order valence-corrected chi connectivity index (χ4v) is 2.41. The highest BCUT2D eigenvalue weighted by Crippen LogP contribution is 2.22. The fraction of sp³-hybridized carbons (Fsp3) is 0.238. The van der Waals surface area contributed by atoms with Crippen molar-refractivity contribution in [3.8, 4) is 11.5 Å². The van der Waals surface area contributed by atoms with Gasteiger partial charge in [-0.3, -0.25) is 15.2 Å². The number of amides is 1. The van der Waals surface area contributed by atoms with E-state index in [2.05, 4.69) is 10.7 Å². The molecule has 0 aliphatic heterocycles. The summed E-state index contributed by atoms with van der Waals surface area (Å²) in [6, 6.07) is 17.0. The van der Waals surface area contributed by atoms with Gasteiger partial charge in [-0.25, -0.2) is 0 Å². The van der Waals surface area contributed by atoms with Crippen molar-refractivity contribution in [3.05, 3.63) is 66.2 Å².